The maximum absolute atomic E-state index is 5.70. The number of hydrogen-bond donors (Lipinski definition) is 0. The minimum atomic E-state index is 0.345. The highest BCUT2D eigenvalue weighted by Crippen LogP contribution is 2.29. The number of epoxide rings is 1. The fourth-order valence-electron chi connectivity index (χ4n) is 0.918. The van der Waals surface area contributed by atoms with Gasteiger partial charge in [-0.15, -0.1) is 0 Å². The SMILES string of the molecule is Clc1ccc([C@H]2CO2)cc1. The van der Waals surface area contributed by atoms with Gasteiger partial charge in [-0.05, 0) is 17.7 Å². The summed E-state index contributed by atoms with van der Waals surface area (Å²) in [7, 11) is 0. The minimum absolute atomic E-state index is 0.345. The Bertz CT molecular complexity index is 226. The summed E-state index contributed by atoms with van der Waals surface area (Å²) in [6.45, 7) is 0.863. The fourth-order valence-corrected chi connectivity index (χ4v) is 1.04. The van der Waals surface area contributed by atoms with Crippen molar-refractivity contribution in [2.75, 3.05) is 6.61 Å². The molecule has 0 bridgehead atoms. The van der Waals surface area contributed by atoms with Gasteiger partial charge in [-0.3, -0.25) is 0 Å². The second-order valence-electron chi connectivity index (χ2n) is 2.37. The zero-order chi connectivity index (χ0) is 6.97. The molecule has 52 valence electrons. The van der Waals surface area contributed by atoms with Crippen LogP contribution in [0.15, 0.2) is 24.3 Å². The molecule has 0 unspecified atom stereocenters. The molecule has 2 heteroatoms. The maximum atomic E-state index is 5.70. The Morgan fingerprint density at radius 2 is 1.90 bits per heavy atom. The molecular formula is C8H7ClO. The van der Waals surface area contributed by atoms with E-state index in [1.807, 2.05) is 24.3 Å². The largest absolute Gasteiger partial charge is 0.368 e. The number of halogens is 1. The lowest BCUT2D eigenvalue weighted by Gasteiger charge is -1.93. The number of ether oxygens (including phenoxy) is 1. The molecule has 0 aromatic heterocycles. The normalized spacial score (nSPS) is 22.7. The Morgan fingerprint density at radius 3 is 2.40 bits per heavy atom. The van der Waals surface area contributed by atoms with Crippen LogP contribution in [0.5, 0.6) is 0 Å². The van der Waals surface area contributed by atoms with Crippen molar-refractivity contribution in [1.29, 1.82) is 0 Å². The molecule has 2 rings (SSSR count). The van der Waals surface area contributed by atoms with Crippen LogP contribution in [0.25, 0.3) is 0 Å². The van der Waals surface area contributed by atoms with Crippen LogP contribution in [0.2, 0.25) is 5.02 Å². The number of benzene rings is 1. The molecule has 10 heavy (non-hydrogen) atoms. The maximum Gasteiger partial charge on any atom is 0.106 e. The van der Waals surface area contributed by atoms with E-state index in [-0.39, 0.29) is 0 Å². The lowest BCUT2D eigenvalue weighted by atomic mass is 10.2. The van der Waals surface area contributed by atoms with Gasteiger partial charge in [-0.25, -0.2) is 0 Å². The lowest BCUT2D eigenvalue weighted by Crippen LogP contribution is -1.77. The van der Waals surface area contributed by atoms with Crippen LogP contribution in [0.1, 0.15) is 11.7 Å². The second-order valence-corrected chi connectivity index (χ2v) is 2.81. The van der Waals surface area contributed by atoms with Crippen molar-refractivity contribution in [3.8, 4) is 0 Å². The molecule has 1 aromatic rings. The van der Waals surface area contributed by atoms with E-state index in [1.165, 1.54) is 5.56 Å². The molecule has 0 aliphatic carbocycles. The Kier molecular flexibility index (Phi) is 1.40. The van der Waals surface area contributed by atoms with Crippen LogP contribution in [0, 0.1) is 0 Å². The van der Waals surface area contributed by atoms with Crippen molar-refractivity contribution < 1.29 is 4.74 Å². The van der Waals surface area contributed by atoms with Crippen LogP contribution in [0.3, 0.4) is 0 Å². The molecule has 1 fully saturated rings. The Labute approximate surface area is 64.6 Å². The molecule has 1 saturated heterocycles. The van der Waals surface area contributed by atoms with Crippen LogP contribution >= 0.6 is 11.6 Å². The lowest BCUT2D eigenvalue weighted by molar-refractivity contribution is 0.415. The first-order chi connectivity index (χ1) is 4.86. The summed E-state index contributed by atoms with van der Waals surface area (Å²) >= 11 is 5.70. The highest BCUT2D eigenvalue weighted by atomic mass is 35.5. The molecule has 1 heterocycles. The van der Waals surface area contributed by atoms with Gasteiger partial charge in [0.2, 0.25) is 0 Å². The average molecular weight is 155 g/mol. The summed E-state index contributed by atoms with van der Waals surface area (Å²) in [6, 6.07) is 7.77. The van der Waals surface area contributed by atoms with Gasteiger partial charge < -0.3 is 4.74 Å². The van der Waals surface area contributed by atoms with Crippen molar-refractivity contribution in [3.63, 3.8) is 0 Å². The van der Waals surface area contributed by atoms with E-state index in [9.17, 15) is 0 Å². The van der Waals surface area contributed by atoms with Gasteiger partial charge in [-0.1, -0.05) is 23.7 Å². The minimum Gasteiger partial charge on any atom is -0.368 e. The third kappa shape index (κ3) is 1.15. The average Bonchev–Trinajstić information content (AvgIpc) is 2.71. The van der Waals surface area contributed by atoms with Crippen molar-refractivity contribution in [1.82, 2.24) is 0 Å². The van der Waals surface area contributed by atoms with Crippen LogP contribution in [-0.2, 0) is 4.74 Å². The van der Waals surface area contributed by atoms with Crippen molar-refractivity contribution in [2.45, 2.75) is 6.10 Å². The van der Waals surface area contributed by atoms with Crippen LogP contribution < -0.4 is 0 Å². The van der Waals surface area contributed by atoms with Crippen LogP contribution in [-0.4, -0.2) is 6.61 Å². The highest BCUT2D eigenvalue weighted by Gasteiger charge is 2.23. The molecule has 0 N–H and O–H groups in total. The van der Waals surface area contributed by atoms with Gasteiger partial charge >= 0.3 is 0 Å². The first kappa shape index (κ1) is 6.20. The standard InChI is InChI=1S/C8H7ClO/c9-7-3-1-6(2-4-7)8-5-10-8/h1-4,8H,5H2/t8-/m1/s1. The third-order valence-electron chi connectivity index (χ3n) is 1.58. The highest BCUT2D eigenvalue weighted by molar-refractivity contribution is 6.30. The van der Waals surface area contributed by atoms with Gasteiger partial charge in [0, 0.05) is 5.02 Å². The first-order valence-electron chi connectivity index (χ1n) is 3.23. The van der Waals surface area contributed by atoms with E-state index in [2.05, 4.69) is 0 Å². The Hall–Kier alpha value is -0.530. The summed E-state index contributed by atoms with van der Waals surface area (Å²) in [4.78, 5) is 0. The molecule has 0 spiro atoms. The topological polar surface area (TPSA) is 12.5 Å². The van der Waals surface area contributed by atoms with E-state index in [0.717, 1.165) is 11.6 Å². The van der Waals surface area contributed by atoms with Gasteiger partial charge in [0.05, 0.1) is 6.61 Å². The van der Waals surface area contributed by atoms with E-state index in [0.29, 0.717) is 6.10 Å². The van der Waals surface area contributed by atoms with Gasteiger partial charge in [-0.2, -0.15) is 0 Å². The van der Waals surface area contributed by atoms with Crippen molar-refractivity contribution >= 4 is 11.6 Å². The van der Waals surface area contributed by atoms with Gasteiger partial charge in [0.1, 0.15) is 6.10 Å². The second kappa shape index (κ2) is 2.26. The van der Waals surface area contributed by atoms with E-state index in [4.69, 9.17) is 16.3 Å². The molecule has 1 aliphatic heterocycles. The van der Waals surface area contributed by atoms with E-state index in [1.54, 1.807) is 0 Å². The summed E-state index contributed by atoms with van der Waals surface area (Å²) in [5.74, 6) is 0. The predicted octanol–water partition coefficient (Wildman–Crippen LogP) is 2.41. The first-order valence-corrected chi connectivity index (χ1v) is 3.61. The summed E-state index contributed by atoms with van der Waals surface area (Å²) in [5.41, 5.74) is 1.23. The van der Waals surface area contributed by atoms with Gasteiger partial charge in [0.25, 0.3) is 0 Å². The molecule has 0 radical (unpaired) electrons. The quantitative estimate of drug-likeness (QED) is 0.566. The Balaban J connectivity index is 2.28. The van der Waals surface area contributed by atoms with Crippen LogP contribution in [0.4, 0.5) is 0 Å². The predicted molar refractivity (Wildman–Crippen MR) is 40.1 cm³/mol. The van der Waals surface area contributed by atoms with E-state index < -0.39 is 0 Å². The van der Waals surface area contributed by atoms with Crippen molar-refractivity contribution in [2.24, 2.45) is 0 Å². The number of rotatable bonds is 1. The monoisotopic (exact) mass is 154 g/mol. The van der Waals surface area contributed by atoms with Gasteiger partial charge in [0.15, 0.2) is 0 Å². The molecule has 1 atom stereocenters. The molecule has 1 nitrogen and oxygen atoms in total. The molecule has 1 aromatic carbocycles. The smallest absolute Gasteiger partial charge is 0.106 e. The number of hydrogen-bond acceptors (Lipinski definition) is 1. The third-order valence-corrected chi connectivity index (χ3v) is 1.83. The zero-order valence-electron chi connectivity index (χ0n) is 5.38. The van der Waals surface area contributed by atoms with E-state index >= 15 is 0 Å². The zero-order valence-corrected chi connectivity index (χ0v) is 6.14. The molecular weight excluding hydrogens is 148 g/mol. The fraction of sp³-hybridized carbons (Fsp3) is 0.250. The summed E-state index contributed by atoms with van der Waals surface area (Å²) < 4.78 is 5.09. The Morgan fingerprint density at radius 1 is 1.30 bits per heavy atom. The molecule has 0 saturated carbocycles. The molecule has 0 amide bonds. The summed E-state index contributed by atoms with van der Waals surface area (Å²) in [6.07, 6.45) is 0.345. The molecule has 1 aliphatic rings. The van der Waals surface area contributed by atoms with Crippen molar-refractivity contribution in [3.05, 3.63) is 34.9 Å². The summed E-state index contributed by atoms with van der Waals surface area (Å²) in [5, 5.41) is 0.782.